The first-order chi connectivity index (χ1) is 12.7. The molecule has 3 rings (SSSR count). The number of methoxy groups -OCH3 is 1. The van der Waals surface area contributed by atoms with Crippen molar-refractivity contribution in [3.63, 3.8) is 0 Å². The number of guanidine groups is 1. The quantitative estimate of drug-likeness (QED) is 0.275. The number of ether oxygens (including phenoxy) is 1. The number of nitrogens with one attached hydrogen (secondary N) is 2. The Morgan fingerprint density at radius 3 is 2.63 bits per heavy atom. The fraction of sp³-hybridized carbons (Fsp3) is 0.250. The van der Waals surface area contributed by atoms with Crippen molar-refractivity contribution in [1.82, 2.24) is 10.6 Å². The average Bonchev–Trinajstić information content (AvgIpc) is 3.12. The summed E-state index contributed by atoms with van der Waals surface area (Å²) in [6.45, 7) is 0.973. The van der Waals surface area contributed by atoms with Crippen LogP contribution < -0.4 is 15.4 Å². The second-order valence-corrected chi connectivity index (χ2v) is 6.94. The Labute approximate surface area is 180 Å². The summed E-state index contributed by atoms with van der Waals surface area (Å²) in [5.74, 6) is 1.47. The number of aliphatic imine (C=N–C) groups is 1. The minimum Gasteiger partial charge on any atom is -0.496 e. The molecule has 0 aliphatic rings. The molecule has 0 saturated heterocycles. The first kappa shape index (κ1) is 21.5. The number of para-hydroxylation sites is 1. The maximum atomic E-state index is 10.5. The number of aliphatic hydroxyl groups excluding tert-OH is 1. The number of thiophene rings is 1. The van der Waals surface area contributed by atoms with E-state index in [0.717, 1.165) is 21.6 Å². The predicted octanol–water partition coefficient (Wildman–Crippen LogP) is 3.93. The van der Waals surface area contributed by atoms with Crippen molar-refractivity contribution in [2.45, 2.75) is 12.6 Å². The zero-order valence-corrected chi connectivity index (χ0v) is 18.5. The Morgan fingerprint density at radius 2 is 1.89 bits per heavy atom. The molecule has 7 heteroatoms. The van der Waals surface area contributed by atoms with Crippen molar-refractivity contribution in [1.29, 1.82) is 0 Å². The van der Waals surface area contributed by atoms with Crippen molar-refractivity contribution < 1.29 is 9.84 Å². The van der Waals surface area contributed by atoms with E-state index in [1.54, 1.807) is 25.5 Å². The van der Waals surface area contributed by atoms with Crippen LogP contribution in [0.5, 0.6) is 5.75 Å². The van der Waals surface area contributed by atoms with Crippen molar-refractivity contribution in [2.24, 2.45) is 4.99 Å². The van der Waals surface area contributed by atoms with Gasteiger partial charge in [0.15, 0.2) is 5.96 Å². The van der Waals surface area contributed by atoms with Gasteiger partial charge in [-0.1, -0.05) is 36.4 Å². The molecule has 3 aromatic rings. The summed E-state index contributed by atoms with van der Waals surface area (Å²) in [5.41, 5.74) is 1.04. The summed E-state index contributed by atoms with van der Waals surface area (Å²) in [5, 5.41) is 18.1. The van der Waals surface area contributed by atoms with E-state index in [4.69, 9.17) is 4.74 Å². The number of fused-ring (bicyclic) bond motifs is 1. The van der Waals surface area contributed by atoms with Crippen molar-refractivity contribution in [3.8, 4) is 5.75 Å². The minimum atomic E-state index is -0.586. The number of hydrogen-bond acceptors (Lipinski definition) is 4. The van der Waals surface area contributed by atoms with Crippen LogP contribution in [-0.4, -0.2) is 31.8 Å². The van der Waals surface area contributed by atoms with Crippen LogP contribution in [0.25, 0.3) is 10.1 Å². The lowest BCUT2D eigenvalue weighted by Gasteiger charge is -2.15. The fourth-order valence-electron chi connectivity index (χ4n) is 2.71. The highest BCUT2D eigenvalue weighted by Gasteiger charge is 2.12. The first-order valence-corrected chi connectivity index (χ1v) is 9.26. The third kappa shape index (κ3) is 5.57. The van der Waals surface area contributed by atoms with Gasteiger partial charge in [0.2, 0.25) is 0 Å². The molecule has 144 valence electrons. The summed E-state index contributed by atoms with van der Waals surface area (Å²) >= 11 is 1.61. The number of benzene rings is 2. The van der Waals surface area contributed by atoms with Crippen LogP contribution in [0.1, 0.15) is 16.5 Å². The number of rotatable bonds is 6. The fourth-order valence-corrected chi connectivity index (χ4v) is 3.76. The van der Waals surface area contributed by atoms with Crippen LogP contribution in [0, 0.1) is 0 Å². The molecule has 2 aromatic carbocycles. The van der Waals surface area contributed by atoms with Gasteiger partial charge in [0.05, 0.1) is 7.11 Å². The third-order valence-corrected chi connectivity index (χ3v) is 5.32. The second-order valence-electron chi connectivity index (χ2n) is 5.82. The van der Waals surface area contributed by atoms with E-state index >= 15 is 0 Å². The Hall–Kier alpha value is -1.84. The highest BCUT2D eigenvalue weighted by atomic mass is 127. The molecule has 0 saturated carbocycles. The Kier molecular flexibility index (Phi) is 8.33. The van der Waals surface area contributed by atoms with Crippen LogP contribution in [0.3, 0.4) is 0 Å². The van der Waals surface area contributed by atoms with Gasteiger partial charge in [-0.25, -0.2) is 0 Å². The van der Waals surface area contributed by atoms with Crippen molar-refractivity contribution >= 4 is 51.4 Å². The van der Waals surface area contributed by atoms with Gasteiger partial charge in [-0.05, 0) is 23.6 Å². The normalized spacial score (nSPS) is 12.3. The maximum absolute atomic E-state index is 10.5. The molecule has 27 heavy (non-hydrogen) atoms. The van der Waals surface area contributed by atoms with Gasteiger partial charge in [0.1, 0.15) is 11.9 Å². The molecule has 3 N–H and O–H groups in total. The van der Waals surface area contributed by atoms with Crippen LogP contribution in [-0.2, 0) is 6.54 Å². The molecule has 0 aliphatic carbocycles. The van der Waals surface area contributed by atoms with Crippen molar-refractivity contribution in [2.75, 3.05) is 20.7 Å². The molecule has 0 radical (unpaired) electrons. The zero-order valence-electron chi connectivity index (χ0n) is 15.3. The molecule has 1 heterocycles. The van der Waals surface area contributed by atoms with E-state index in [1.165, 1.54) is 4.70 Å². The smallest absolute Gasteiger partial charge is 0.191 e. The number of aliphatic hydroxyl groups is 1. The SMILES string of the molecule is CN=C(NCc1ccccc1OC)NCC(O)c1cc2ccccc2s1.I. The standard InChI is InChI=1S/C20H23N3O2S.HI/c1-21-20(22-12-15-8-3-5-9-17(15)25-2)23-13-16(24)19-11-14-7-4-6-10-18(14)26-19;/h3-11,16,24H,12-13H2,1-2H3,(H2,21,22,23);1H. The highest BCUT2D eigenvalue weighted by molar-refractivity contribution is 14.0. The third-order valence-electron chi connectivity index (χ3n) is 4.10. The average molecular weight is 497 g/mol. The molecule has 0 amide bonds. The van der Waals surface area contributed by atoms with Crippen molar-refractivity contribution in [3.05, 3.63) is 65.0 Å². The van der Waals surface area contributed by atoms with E-state index in [0.29, 0.717) is 19.0 Å². The lowest BCUT2D eigenvalue weighted by Crippen LogP contribution is -2.38. The van der Waals surface area contributed by atoms with Gasteiger partial charge in [-0.3, -0.25) is 4.99 Å². The van der Waals surface area contributed by atoms with Gasteiger partial charge in [-0.15, -0.1) is 35.3 Å². The monoisotopic (exact) mass is 497 g/mol. The largest absolute Gasteiger partial charge is 0.496 e. The Morgan fingerprint density at radius 1 is 1.15 bits per heavy atom. The Balaban J connectivity index is 0.00000261. The molecule has 1 unspecified atom stereocenters. The number of nitrogens with zero attached hydrogens (tertiary/aromatic N) is 1. The van der Waals surface area contributed by atoms with E-state index in [9.17, 15) is 5.11 Å². The molecular formula is C20H24IN3O2S. The molecular weight excluding hydrogens is 473 g/mol. The zero-order chi connectivity index (χ0) is 18.4. The first-order valence-electron chi connectivity index (χ1n) is 8.44. The van der Waals surface area contributed by atoms with Gasteiger partial charge in [-0.2, -0.15) is 0 Å². The van der Waals surface area contributed by atoms with E-state index < -0.39 is 6.10 Å². The van der Waals surface area contributed by atoms with Crippen LogP contribution in [0.4, 0.5) is 0 Å². The molecule has 1 aromatic heterocycles. The van der Waals surface area contributed by atoms with Gasteiger partial charge >= 0.3 is 0 Å². The highest BCUT2D eigenvalue weighted by Crippen LogP contribution is 2.29. The lowest BCUT2D eigenvalue weighted by molar-refractivity contribution is 0.184. The maximum Gasteiger partial charge on any atom is 0.191 e. The van der Waals surface area contributed by atoms with Crippen LogP contribution in [0.15, 0.2) is 59.6 Å². The summed E-state index contributed by atoms with van der Waals surface area (Å²) in [4.78, 5) is 5.16. The number of hydrogen-bond donors (Lipinski definition) is 3. The van der Waals surface area contributed by atoms with Gasteiger partial charge in [0.25, 0.3) is 0 Å². The van der Waals surface area contributed by atoms with E-state index in [-0.39, 0.29) is 24.0 Å². The van der Waals surface area contributed by atoms with Crippen LogP contribution in [0.2, 0.25) is 0 Å². The minimum absolute atomic E-state index is 0. The molecule has 0 aliphatic heterocycles. The topological polar surface area (TPSA) is 65.9 Å². The molecule has 0 bridgehead atoms. The molecule has 1 atom stereocenters. The molecule has 0 spiro atoms. The second kappa shape index (κ2) is 10.5. The summed E-state index contributed by atoms with van der Waals surface area (Å²) in [6.07, 6.45) is -0.586. The van der Waals surface area contributed by atoms with Gasteiger partial charge < -0.3 is 20.5 Å². The van der Waals surface area contributed by atoms with Crippen LogP contribution >= 0.6 is 35.3 Å². The van der Waals surface area contributed by atoms with Gasteiger partial charge in [0, 0.05) is 35.3 Å². The summed E-state index contributed by atoms with van der Waals surface area (Å²) in [7, 11) is 3.37. The number of halogens is 1. The summed E-state index contributed by atoms with van der Waals surface area (Å²) < 4.78 is 6.54. The predicted molar refractivity (Wildman–Crippen MR) is 123 cm³/mol. The summed E-state index contributed by atoms with van der Waals surface area (Å²) in [6, 6.07) is 18.0. The molecule has 0 fully saturated rings. The molecule has 5 nitrogen and oxygen atoms in total. The lowest BCUT2D eigenvalue weighted by atomic mass is 10.2. The Bertz CT molecular complexity index is 865. The van der Waals surface area contributed by atoms with E-state index in [2.05, 4.69) is 27.8 Å². The van der Waals surface area contributed by atoms with E-state index in [1.807, 2.05) is 42.5 Å².